The Morgan fingerprint density at radius 1 is 1.19 bits per heavy atom. The number of aromatic amines is 1. The number of hydrogen-bond acceptors (Lipinski definition) is 3. The number of imidazole rings is 1. The van der Waals surface area contributed by atoms with E-state index in [-0.39, 0.29) is 0 Å². The second-order valence-electron chi connectivity index (χ2n) is 7.33. The Balaban J connectivity index is 2.87. The van der Waals surface area contributed by atoms with Crippen LogP contribution in [0.3, 0.4) is 0 Å². The smallest absolute Gasteiger partial charge is 0.413 e. The standard InChI is InChI=1S/C16H29N3O2/c1-10(2)8-12-14(18-13(17-12)9-11(3)4)19-15(20)21-16(5,6)7/h10-11H,8-9H2,1-7H3,(H,17,18)(H,19,20). The second kappa shape index (κ2) is 6.96. The molecule has 1 heterocycles. The molecule has 0 radical (unpaired) electrons. The van der Waals surface area contributed by atoms with Gasteiger partial charge in [0.25, 0.3) is 0 Å². The van der Waals surface area contributed by atoms with E-state index in [0.717, 1.165) is 24.4 Å². The van der Waals surface area contributed by atoms with E-state index in [0.29, 0.717) is 17.7 Å². The van der Waals surface area contributed by atoms with E-state index in [4.69, 9.17) is 4.74 Å². The van der Waals surface area contributed by atoms with Gasteiger partial charge in [-0.05, 0) is 39.0 Å². The van der Waals surface area contributed by atoms with Crippen LogP contribution in [-0.4, -0.2) is 21.7 Å². The first-order valence-electron chi connectivity index (χ1n) is 7.64. The van der Waals surface area contributed by atoms with E-state index in [1.165, 1.54) is 0 Å². The Morgan fingerprint density at radius 2 is 1.76 bits per heavy atom. The zero-order valence-electron chi connectivity index (χ0n) is 14.3. The Bertz CT molecular complexity index is 470. The number of ether oxygens (including phenoxy) is 1. The topological polar surface area (TPSA) is 67.0 Å². The van der Waals surface area contributed by atoms with Crippen molar-refractivity contribution in [1.82, 2.24) is 9.97 Å². The molecular formula is C16H29N3O2. The molecule has 0 saturated heterocycles. The van der Waals surface area contributed by atoms with E-state index in [1.54, 1.807) is 0 Å². The second-order valence-corrected chi connectivity index (χ2v) is 7.33. The van der Waals surface area contributed by atoms with Gasteiger partial charge in [-0.3, -0.25) is 5.32 Å². The average molecular weight is 295 g/mol. The van der Waals surface area contributed by atoms with Crippen LogP contribution in [0.15, 0.2) is 0 Å². The first-order valence-corrected chi connectivity index (χ1v) is 7.64. The molecule has 1 rings (SSSR count). The maximum absolute atomic E-state index is 11.9. The van der Waals surface area contributed by atoms with Crippen molar-refractivity contribution in [2.24, 2.45) is 11.8 Å². The number of carbonyl (C=O) groups is 1. The lowest BCUT2D eigenvalue weighted by atomic mass is 10.1. The van der Waals surface area contributed by atoms with Crippen LogP contribution >= 0.6 is 0 Å². The van der Waals surface area contributed by atoms with E-state index in [1.807, 2.05) is 20.8 Å². The van der Waals surface area contributed by atoms with Crippen LogP contribution < -0.4 is 5.32 Å². The predicted octanol–water partition coefficient (Wildman–Crippen LogP) is 4.15. The lowest BCUT2D eigenvalue weighted by Gasteiger charge is -2.19. The Kier molecular flexibility index (Phi) is 5.81. The molecule has 1 amide bonds. The molecule has 0 bridgehead atoms. The Morgan fingerprint density at radius 3 is 2.24 bits per heavy atom. The van der Waals surface area contributed by atoms with Gasteiger partial charge in [0.2, 0.25) is 0 Å². The summed E-state index contributed by atoms with van der Waals surface area (Å²) in [6, 6.07) is 0. The summed E-state index contributed by atoms with van der Waals surface area (Å²) in [5.41, 5.74) is 0.450. The number of nitrogens with one attached hydrogen (secondary N) is 2. The molecule has 1 aromatic rings. The summed E-state index contributed by atoms with van der Waals surface area (Å²) in [4.78, 5) is 19.7. The number of aromatic nitrogens is 2. The van der Waals surface area contributed by atoms with E-state index in [9.17, 15) is 4.79 Å². The molecule has 0 aliphatic heterocycles. The minimum atomic E-state index is -0.515. The number of carbonyl (C=O) groups excluding carboxylic acids is 1. The number of rotatable bonds is 5. The minimum Gasteiger partial charge on any atom is -0.444 e. The van der Waals surface area contributed by atoms with Gasteiger partial charge in [0.1, 0.15) is 11.4 Å². The van der Waals surface area contributed by atoms with Crippen molar-refractivity contribution in [3.63, 3.8) is 0 Å². The largest absolute Gasteiger partial charge is 0.444 e. The van der Waals surface area contributed by atoms with Gasteiger partial charge in [0.15, 0.2) is 5.82 Å². The number of H-pyrrole nitrogens is 1. The summed E-state index contributed by atoms with van der Waals surface area (Å²) in [6.45, 7) is 14.1. The first kappa shape index (κ1) is 17.5. The maximum atomic E-state index is 11.9. The molecule has 1 aromatic heterocycles. The quantitative estimate of drug-likeness (QED) is 0.857. The van der Waals surface area contributed by atoms with Crippen LogP contribution in [0.4, 0.5) is 10.6 Å². The van der Waals surface area contributed by atoms with Crippen LogP contribution in [0.5, 0.6) is 0 Å². The number of nitrogens with zero attached hydrogens (tertiary/aromatic N) is 1. The average Bonchev–Trinajstić information content (AvgIpc) is 2.54. The molecule has 2 N–H and O–H groups in total. The molecule has 0 unspecified atom stereocenters. The van der Waals surface area contributed by atoms with E-state index >= 15 is 0 Å². The van der Waals surface area contributed by atoms with Crippen molar-refractivity contribution in [3.8, 4) is 0 Å². The van der Waals surface area contributed by atoms with Gasteiger partial charge in [-0.2, -0.15) is 0 Å². The molecular weight excluding hydrogens is 266 g/mol. The normalized spacial score (nSPS) is 12.0. The SMILES string of the molecule is CC(C)Cc1nc(NC(=O)OC(C)(C)C)c(CC(C)C)[nH]1. The zero-order valence-corrected chi connectivity index (χ0v) is 14.3. The third kappa shape index (κ3) is 6.65. The van der Waals surface area contributed by atoms with Crippen molar-refractivity contribution in [2.45, 2.75) is 66.9 Å². The molecule has 0 saturated carbocycles. The van der Waals surface area contributed by atoms with Gasteiger partial charge in [0.05, 0.1) is 5.69 Å². The van der Waals surface area contributed by atoms with Crippen LogP contribution in [0, 0.1) is 11.8 Å². The lowest BCUT2D eigenvalue weighted by Crippen LogP contribution is -2.27. The van der Waals surface area contributed by atoms with Gasteiger partial charge in [0, 0.05) is 6.42 Å². The highest BCUT2D eigenvalue weighted by molar-refractivity contribution is 5.84. The molecule has 120 valence electrons. The van der Waals surface area contributed by atoms with Gasteiger partial charge in [-0.25, -0.2) is 9.78 Å². The molecule has 0 aliphatic carbocycles. The van der Waals surface area contributed by atoms with Crippen molar-refractivity contribution in [3.05, 3.63) is 11.5 Å². The Hall–Kier alpha value is -1.52. The van der Waals surface area contributed by atoms with Gasteiger partial charge >= 0.3 is 6.09 Å². The van der Waals surface area contributed by atoms with E-state index < -0.39 is 11.7 Å². The molecule has 21 heavy (non-hydrogen) atoms. The molecule has 0 aromatic carbocycles. The molecule has 0 spiro atoms. The number of anilines is 1. The van der Waals surface area contributed by atoms with Crippen molar-refractivity contribution in [2.75, 3.05) is 5.32 Å². The fourth-order valence-corrected chi connectivity index (χ4v) is 2.01. The van der Waals surface area contributed by atoms with Crippen molar-refractivity contribution in [1.29, 1.82) is 0 Å². The fraction of sp³-hybridized carbons (Fsp3) is 0.750. The highest BCUT2D eigenvalue weighted by Gasteiger charge is 2.19. The molecule has 5 nitrogen and oxygen atoms in total. The van der Waals surface area contributed by atoms with Gasteiger partial charge in [-0.15, -0.1) is 0 Å². The van der Waals surface area contributed by atoms with Crippen molar-refractivity contribution < 1.29 is 9.53 Å². The monoisotopic (exact) mass is 295 g/mol. The summed E-state index contributed by atoms with van der Waals surface area (Å²) in [7, 11) is 0. The fourth-order valence-electron chi connectivity index (χ4n) is 2.01. The Labute approximate surface area is 127 Å². The minimum absolute atomic E-state index is 0.463. The van der Waals surface area contributed by atoms with Crippen LogP contribution in [0.2, 0.25) is 0 Å². The highest BCUT2D eigenvalue weighted by Crippen LogP contribution is 2.19. The molecule has 0 atom stereocenters. The summed E-state index contributed by atoms with van der Waals surface area (Å²) in [6.07, 6.45) is 1.24. The first-order chi connectivity index (χ1) is 9.56. The lowest BCUT2D eigenvalue weighted by molar-refractivity contribution is 0.0635. The van der Waals surface area contributed by atoms with Gasteiger partial charge < -0.3 is 9.72 Å². The summed E-state index contributed by atoms with van der Waals surface area (Å²) < 4.78 is 5.29. The highest BCUT2D eigenvalue weighted by atomic mass is 16.6. The maximum Gasteiger partial charge on any atom is 0.413 e. The van der Waals surface area contributed by atoms with Crippen LogP contribution in [0.1, 0.15) is 60.0 Å². The molecule has 0 aliphatic rings. The van der Waals surface area contributed by atoms with Crippen LogP contribution in [0.25, 0.3) is 0 Å². The molecule has 0 fully saturated rings. The number of hydrogen-bond donors (Lipinski definition) is 2. The van der Waals surface area contributed by atoms with Crippen molar-refractivity contribution >= 4 is 11.9 Å². The number of amides is 1. The van der Waals surface area contributed by atoms with E-state index in [2.05, 4.69) is 43.0 Å². The predicted molar refractivity (Wildman–Crippen MR) is 85.5 cm³/mol. The summed E-state index contributed by atoms with van der Waals surface area (Å²) >= 11 is 0. The van der Waals surface area contributed by atoms with Crippen LogP contribution in [-0.2, 0) is 17.6 Å². The summed E-state index contributed by atoms with van der Waals surface area (Å²) in [5.74, 6) is 2.49. The third-order valence-corrected chi connectivity index (χ3v) is 2.66. The third-order valence-electron chi connectivity index (χ3n) is 2.66. The molecule has 5 heteroatoms. The zero-order chi connectivity index (χ0) is 16.2. The summed E-state index contributed by atoms with van der Waals surface area (Å²) in [5, 5.41) is 2.76. The van der Waals surface area contributed by atoms with Gasteiger partial charge in [-0.1, -0.05) is 27.7 Å².